The van der Waals surface area contributed by atoms with E-state index in [0.29, 0.717) is 19.4 Å². The summed E-state index contributed by atoms with van der Waals surface area (Å²) in [5, 5.41) is 0. The Labute approximate surface area is 205 Å². The molecule has 0 N–H and O–H groups in total. The highest BCUT2D eigenvalue weighted by Crippen LogP contribution is 2.23. The standard InChI is InChI=1S/C27H31NO7/c1-18-12-14-20(15-13-18)22(29)23(25(31)33-17-19-9-6-5-7-10-19)34-24(30)21-11-8-16-28(21)26(32)35-27(2,3)4/h5-7,9-10,12-15,21,23H,8,11,16-17H2,1-4H3/t21-,23?/m0/s1. The van der Waals surface area contributed by atoms with Crippen LogP contribution in [0.5, 0.6) is 0 Å². The highest BCUT2D eigenvalue weighted by Gasteiger charge is 2.41. The van der Waals surface area contributed by atoms with Crippen molar-refractivity contribution in [1.29, 1.82) is 0 Å². The van der Waals surface area contributed by atoms with Crippen molar-refractivity contribution >= 4 is 23.8 Å². The Bertz CT molecular complexity index is 1060. The number of nitrogens with zero attached hydrogens (tertiary/aromatic N) is 1. The number of carbonyl (C=O) groups excluding carboxylic acids is 4. The van der Waals surface area contributed by atoms with Crippen LogP contribution in [0.1, 0.15) is 55.1 Å². The van der Waals surface area contributed by atoms with E-state index < -0.39 is 41.6 Å². The number of benzene rings is 2. The average molecular weight is 482 g/mol. The summed E-state index contributed by atoms with van der Waals surface area (Å²) in [6.45, 7) is 7.28. The Morgan fingerprint density at radius 2 is 1.66 bits per heavy atom. The molecule has 8 heteroatoms. The first kappa shape index (κ1) is 25.9. The van der Waals surface area contributed by atoms with E-state index >= 15 is 0 Å². The normalized spacial score (nSPS) is 16.3. The lowest BCUT2D eigenvalue weighted by Crippen LogP contribution is -2.46. The number of ether oxygens (including phenoxy) is 3. The molecule has 1 heterocycles. The molecule has 1 aliphatic heterocycles. The first-order chi connectivity index (χ1) is 16.5. The van der Waals surface area contributed by atoms with Crippen LogP contribution >= 0.6 is 0 Å². The van der Waals surface area contributed by atoms with Crippen molar-refractivity contribution in [3.63, 3.8) is 0 Å². The smallest absolute Gasteiger partial charge is 0.411 e. The second-order valence-corrected chi connectivity index (χ2v) is 9.47. The van der Waals surface area contributed by atoms with Gasteiger partial charge in [-0.3, -0.25) is 9.69 Å². The predicted molar refractivity (Wildman–Crippen MR) is 128 cm³/mol. The number of amides is 1. The van der Waals surface area contributed by atoms with Crippen LogP contribution in [0.15, 0.2) is 54.6 Å². The summed E-state index contributed by atoms with van der Waals surface area (Å²) in [7, 11) is 0. The van der Waals surface area contributed by atoms with Crippen molar-refractivity contribution in [3.05, 3.63) is 71.3 Å². The van der Waals surface area contributed by atoms with Gasteiger partial charge in [0.2, 0.25) is 5.78 Å². The predicted octanol–water partition coefficient (Wildman–Crippen LogP) is 4.23. The molecule has 0 saturated carbocycles. The Hall–Kier alpha value is -3.68. The van der Waals surface area contributed by atoms with Crippen LogP contribution in [0.3, 0.4) is 0 Å². The third-order valence-corrected chi connectivity index (χ3v) is 5.40. The van der Waals surface area contributed by atoms with E-state index in [1.165, 1.54) is 4.90 Å². The number of rotatable bonds is 7. The molecule has 8 nitrogen and oxygen atoms in total. The van der Waals surface area contributed by atoms with E-state index in [0.717, 1.165) is 11.1 Å². The zero-order valence-electron chi connectivity index (χ0n) is 20.5. The van der Waals surface area contributed by atoms with Gasteiger partial charge in [0, 0.05) is 12.1 Å². The number of hydrogen-bond donors (Lipinski definition) is 0. The molecular formula is C27H31NO7. The van der Waals surface area contributed by atoms with Gasteiger partial charge >= 0.3 is 18.0 Å². The van der Waals surface area contributed by atoms with Gasteiger partial charge in [-0.25, -0.2) is 14.4 Å². The van der Waals surface area contributed by atoms with Crippen molar-refractivity contribution in [1.82, 2.24) is 4.90 Å². The van der Waals surface area contributed by atoms with Crippen LogP contribution in [-0.2, 0) is 30.4 Å². The summed E-state index contributed by atoms with van der Waals surface area (Å²) < 4.78 is 16.1. The highest BCUT2D eigenvalue weighted by molar-refractivity contribution is 6.12. The number of carbonyl (C=O) groups is 4. The summed E-state index contributed by atoms with van der Waals surface area (Å²) in [4.78, 5) is 53.0. The summed E-state index contributed by atoms with van der Waals surface area (Å²) in [6.07, 6.45) is -1.55. The largest absolute Gasteiger partial charge is 0.458 e. The monoisotopic (exact) mass is 481 g/mol. The molecule has 2 aromatic carbocycles. The van der Waals surface area contributed by atoms with Crippen LogP contribution < -0.4 is 0 Å². The van der Waals surface area contributed by atoms with Crippen LogP contribution in [0, 0.1) is 6.92 Å². The molecule has 2 atom stereocenters. The SMILES string of the molecule is Cc1ccc(C(=O)C(OC(=O)[C@@H]2CCCN2C(=O)OC(C)(C)C)C(=O)OCc2ccccc2)cc1. The molecule has 0 bridgehead atoms. The quantitative estimate of drug-likeness (QED) is 0.252. The van der Waals surface area contributed by atoms with Crippen LogP contribution in [0.4, 0.5) is 4.79 Å². The molecule has 2 aromatic rings. The molecule has 1 amide bonds. The molecule has 0 aliphatic carbocycles. The van der Waals surface area contributed by atoms with E-state index in [4.69, 9.17) is 14.2 Å². The van der Waals surface area contributed by atoms with Crippen LogP contribution in [0.25, 0.3) is 0 Å². The maximum Gasteiger partial charge on any atom is 0.411 e. The lowest BCUT2D eigenvalue weighted by Gasteiger charge is -2.28. The van der Waals surface area contributed by atoms with Crippen LogP contribution in [-0.4, -0.2) is 53.0 Å². The van der Waals surface area contributed by atoms with Gasteiger partial charge in [-0.1, -0.05) is 60.2 Å². The van der Waals surface area contributed by atoms with E-state index in [1.54, 1.807) is 69.3 Å². The molecular weight excluding hydrogens is 450 g/mol. The number of esters is 2. The summed E-state index contributed by atoms with van der Waals surface area (Å²) in [5.74, 6) is -2.52. The summed E-state index contributed by atoms with van der Waals surface area (Å²) >= 11 is 0. The molecule has 1 unspecified atom stereocenters. The molecule has 3 rings (SSSR count). The van der Waals surface area contributed by atoms with Crippen LogP contribution in [0.2, 0.25) is 0 Å². The fraction of sp³-hybridized carbons (Fsp3) is 0.407. The first-order valence-electron chi connectivity index (χ1n) is 11.6. The topological polar surface area (TPSA) is 99.2 Å². The van der Waals surface area contributed by atoms with Gasteiger partial charge in [-0.15, -0.1) is 0 Å². The molecule has 1 aliphatic rings. The van der Waals surface area contributed by atoms with Crippen molar-refractivity contribution in [2.24, 2.45) is 0 Å². The average Bonchev–Trinajstić information content (AvgIpc) is 3.31. The van der Waals surface area contributed by atoms with Crippen molar-refractivity contribution < 1.29 is 33.4 Å². The fourth-order valence-corrected chi connectivity index (χ4v) is 3.63. The number of ketones is 1. The second-order valence-electron chi connectivity index (χ2n) is 9.47. The number of likely N-dealkylation sites (tertiary alicyclic amines) is 1. The minimum atomic E-state index is -1.80. The zero-order chi connectivity index (χ0) is 25.6. The van der Waals surface area contributed by atoms with Gasteiger partial charge in [-0.05, 0) is 46.1 Å². The zero-order valence-corrected chi connectivity index (χ0v) is 20.5. The van der Waals surface area contributed by atoms with Crippen molar-refractivity contribution in [2.75, 3.05) is 6.54 Å². The lowest BCUT2D eigenvalue weighted by molar-refractivity contribution is -0.167. The fourth-order valence-electron chi connectivity index (χ4n) is 3.63. The molecule has 186 valence electrons. The third-order valence-electron chi connectivity index (χ3n) is 5.40. The number of aryl methyl sites for hydroxylation is 1. The minimum Gasteiger partial charge on any atom is -0.458 e. The van der Waals surface area contributed by atoms with Gasteiger partial charge in [0.05, 0.1) is 0 Å². The maximum atomic E-state index is 13.2. The maximum absolute atomic E-state index is 13.2. The van der Waals surface area contributed by atoms with E-state index in [1.807, 2.05) is 13.0 Å². The molecule has 0 aromatic heterocycles. The second kappa shape index (κ2) is 11.2. The Kier molecular flexibility index (Phi) is 8.27. The van der Waals surface area contributed by atoms with Gasteiger partial charge in [-0.2, -0.15) is 0 Å². The van der Waals surface area contributed by atoms with Crippen molar-refractivity contribution in [3.8, 4) is 0 Å². The van der Waals surface area contributed by atoms with E-state index in [-0.39, 0.29) is 12.2 Å². The van der Waals surface area contributed by atoms with E-state index in [9.17, 15) is 19.2 Å². The summed E-state index contributed by atoms with van der Waals surface area (Å²) in [5.41, 5.74) is 1.13. The van der Waals surface area contributed by atoms with Gasteiger partial charge in [0.25, 0.3) is 6.10 Å². The third kappa shape index (κ3) is 7.15. The molecule has 1 fully saturated rings. The molecule has 35 heavy (non-hydrogen) atoms. The molecule has 1 saturated heterocycles. The Morgan fingerprint density at radius 1 is 1.00 bits per heavy atom. The van der Waals surface area contributed by atoms with Gasteiger partial charge in [0.15, 0.2) is 0 Å². The Balaban J connectivity index is 1.77. The number of hydrogen-bond acceptors (Lipinski definition) is 7. The minimum absolute atomic E-state index is 0.0810. The van der Waals surface area contributed by atoms with Gasteiger partial charge in [0.1, 0.15) is 18.2 Å². The molecule has 0 radical (unpaired) electrons. The van der Waals surface area contributed by atoms with Gasteiger partial charge < -0.3 is 14.2 Å². The highest BCUT2D eigenvalue weighted by atomic mass is 16.6. The summed E-state index contributed by atoms with van der Waals surface area (Å²) in [6, 6.07) is 14.6. The Morgan fingerprint density at radius 3 is 2.29 bits per heavy atom. The lowest BCUT2D eigenvalue weighted by atomic mass is 10.0. The van der Waals surface area contributed by atoms with E-state index in [2.05, 4.69) is 0 Å². The molecule has 0 spiro atoms. The first-order valence-corrected chi connectivity index (χ1v) is 11.6. The number of Topliss-reactive ketones (excluding diaryl/α,β-unsaturated/α-hetero) is 1. The van der Waals surface area contributed by atoms with Crippen molar-refractivity contribution in [2.45, 2.75) is 64.9 Å².